The predicted octanol–water partition coefficient (Wildman–Crippen LogP) is 3.15. The van der Waals surface area contributed by atoms with Crippen LogP contribution in [0.25, 0.3) is 0 Å². The molecule has 0 radical (unpaired) electrons. The first kappa shape index (κ1) is 14.5. The van der Waals surface area contributed by atoms with E-state index in [1.165, 1.54) is 44.1 Å². The van der Waals surface area contributed by atoms with Gasteiger partial charge in [-0.2, -0.15) is 0 Å². The normalized spacial score (nSPS) is 18.4. The Morgan fingerprint density at radius 3 is 2.47 bits per heavy atom. The van der Waals surface area contributed by atoms with Crippen molar-refractivity contribution >= 4 is 0 Å². The molecule has 19 heavy (non-hydrogen) atoms. The summed E-state index contributed by atoms with van der Waals surface area (Å²) in [4.78, 5) is 0. The van der Waals surface area contributed by atoms with E-state index in [4.69, 9.17) is 0 Å². The molecule has 2 heteroatoms. The van der Waals surface area contributed by atoms with Crippen LogP contribution in [0.1, 0.15) is 44.1 Å². The van der Waals surface area contributed by atoms with E-state index in [1.54, 1.807) is 0 Å². The Morgan fingerprint density at radius 1 is 1.05 bits per heavy atom. The van der Waals surface area contributed by atoms with E-state index >= 15 is 0 Å². The Labute approximate surface area is 117 Å². The van der Waals surface area contributed by atoms with Gasteiger partial charge in [-0.25, -0.2) is 0 Å². The van der Waals surface area contributed by atoms with Crippen molar-refractivity contribution in [2.75, 3.05) is 19.7 Å². The fraction of sp³-hybridized carbons (Fsp3) is 0.647. The zero-order valence-electron chi connectivity index (χ0n) is 11.9. The molecule has 0 spiro atoms. The highest BCUT2D eigenvalue weighted by atomic mass is 16.3. The van der Waals surface area contributed by atoms with Crippen LogP contribution < -0.4 is 5.32 Å². The molecule has 106 valence electrons. The molecule has 2 N–H and O–H groups in total. The second kappa shape index (κ2) is 7.66. The average molecular weight is 261 g/mol. The van der Waals surface area contributed by atoms with Crippen molar-refractivity contribution in [2.45, 2.75) is 44.9 Å². The lowest BCUT2D eigenvalue weighted by molar-refractivity contribution is 0.0815. The third kappa shape index (κ3) is 4.63. The number of nitrogens with one attached hydrogen (secondary N) is 1. The van der Waals surface area contributed by atoms with E-state index in [0.717, 1.165) is 19.5 Å². The molecule has 0 bridgehead atoms. The Hall–Kier alpha value is -0.860. The Balaban J connectivity index is 1.63. The molecule has 2 nitrogen and oxygen atoms in total. The Bertz CT molecular complexity index is 344. The third-order valence-corrected chi connectivity index (χ3v) is 4.41. The van der Waals surface area contributed by atoms with Gasteiger partial charge >= 0.3 is 0 Å². The van der Waals surface area contributed by atoms with E-state index in [2.05, 4.69) is 35.6 Å². The van der Waals surface area contributed by atoms with Gasteiger partial charge < -0.3 is 10.4 Å². The van der Waals surface area contributed by atoms with Crippen molar-refractivity contribution in [2.24, 2.45) is 5.41 Å². The minimum absolute atomic E-state index is 0.172. The van der Waals surface area contributed by atoms with Crippen LogP contribution in [0.2, 0.25) is 0 Å². The van der Waals surface area contributed by atoms with Crippen LogP contribution in [-0.2, 0) is 6.42 Å². The smallest absolute Gasteiger partial charge is 0.0499 e. The molecule has 2 rings (SSSR count). The summed E-state index contributed by atoms with van der Waals surface area (Å²) in [5, 5.41) is 13.2. The number of hydrogen-bond donors (Lipinski definition) is 2. The summed E-state index contributed by atoms with van der Waals surface area (Å²) in [6.45, 7) is 2.38. The van der Waals surface area contributed by atoms with Crippen LogP contribution in [0.4, 0.5) is 0 Å². The van der Waals surface area contributed by atoms with Crippen molar-refractivity contribution in [3.8, 4) is 0 Å². The average Bonchev–Trinajstić information content (AvgIpc) is 2.49. The number of aryl methyl sites for hydroxylation is 1. The van der Waals surface area contributed by atoms with Gasteiger partial charge in [-0.3, -0.25) is 0 Å². The van der Waals surface area contributed by atoms with Gasteiger partial charge in [0.2, 0.25) is 0 Å². The SMILES string of the molecule is OCC1(CNCCCc2ccccc2)CCCCC1. The first-order valence-corrected chi connectivity index (χ1v) is 7.70. The van der Waals surface area contributed by atoms with Gasteiger partial charge in [0.15, 0.2) is 0 Å². The molecule has 0 heterocycles. The Kier molecular flexibility index (Phi) is 5.87. The lowest BCUT2D eigenvalue weighted by Gasteiger charge is -2.35. The van der Waals surface area contributed by atoms with Gasteiger partial charge in [-0.15, -0.1) is 0 Å². The summed E-state index contributed by atoms with van der Waals surface area (Å²) in [5.74, 6) is 0. The van der Waals surface area contributed by atoms with Crippen molar-refractivity contribution in [1.82, 2.24) is 5.32 Å². The molecule has 0 saturated heterocycles. The summed E-state index contributed by atoms with van der Waals surface area (Å²) in [7, 11) is 0. The van der Waals surface area contributed by atoms with Crippen molar-refractivity contribution in [3.63, 3.8) is 0 Å². The second-order valence-corrected chi connectivity index (χ2v) is 5.98. The molecular weight excluding hydrogens is 234 g/mol. The largest absolute Gasteiger partial charge is 0.396 e. The maximum Gasteiger partial charge on any atom is 0.0499 e. The van der Waals surface area contributed by atoms with Gasteiger partial charge in [-0.1, -0.05) is 49.6 Å². The van der Waals surface area contributed by atoms with Gasteiger partial charge in [-0.05, 0) is 37.8 Å². The van der Waals surface area contributed by atoms with E-state index in [-0.39, 0.29) is 5.41 Å². The van der Waals surface area contributed by atoms with Crippen LogP contribution in [0.3, 0.4) is 0 Å². The maximum atomic E-state index is 9.64. The van der Waals surface area contributed by atoms with Gasteiger partial charge in [0.05, 0.1) is 0 Å². The fourth-order valence-corrected chi connectivity index (χ4v) is 3.11. The van der Waals surface area contributed by atoms with Crippen LogP contribution >= 0.6 is 0 Å². The van der Waals surface area contributed by atoms with Crippen LogP contribution in [0.5, 0.6) is 0 Å². The minimum Gasteiger partial charge on any atom is -0.396 e. The topological polar surface area (TPSA) is 32.3 Å². The highest BCUT2D eigenvalue weighted by molar-refractivity contribution is 5.14. The molecule has 1 aliphatic carbocycles. The lowest BCUT2D eigenvalue weighted by Crippen LogP contribution is -2.39. The van der Waals surface area contributed by atoms with E-state index in [9.17, 15) is 5.11 Å². The molecular formula is C17H27NO. The molecule has 0 unspecified atom stereocenters. The maximum absolute atomic E-state index is 9.64. The first-order chi connectivity index (χ1) is 9.35. The van der Waals surface area contributed by atoms with Gasteiger partial charge in [0, 0.05) is 18.6 Å². The zero-order chi connectivity index (χ0) is 13.4. The monoisotopic (exact) mass is 261 g/mol. The van der Waals surface area contributed by atoms with E-state index in [0.29, 0.717) is 6.61 Å². The van der Waals surface area contributed by atoms with E-state index in [1.807, 2.05) is 0 Å². The standard InChI is InChI=1S/C17H27NO/c19-15-17(11-5-2-6-12-17)14-18-13-7-10-16-8-3-1-4-9-16/h1,3-4,8-9,18-19H,2,5-7,10-15H2. The lowest BCUT2D eigenvalue weighted by atomic mass is 9.74. The van der Waals surface area contributed by atoms with Crippen LogP contribution in [0, 0.1) is 5.41 Å². The van der Waals surface area contributed by atoms with Crippen molar-refractivity contribution < 1.29 is 5.11 Å². The van der Waals surface area contributed by atoms with Gasteiger partial charge in [0.1, 0.15) is 0 Å². The number of hydrogen-bond acceptors (Lipinski definition) is 2. The summed E-state index contributed by atoms with van der Waals surface area (Å²) < 4.78 is 0. The summed E-state index contributed by atoms with van der Waals surface area (Å²) in [5.41, 5.74) is 1.59. The predicted molar refractivity (Wildman–Crippen MR) is 80.2 cm³/mol. The molecule has 1 saturated carbocycles. The molecule has 0 atom stereocenters. The number of aliphatic hydroxyl groups excluding tert-OH is 1. The first-order valence-electron chi connectivity index (χ1n) is 7.70. The van der Waals surface area contributed by atoms with Crippen LogP contribution in [0.15, 0.2) is 30.3 Å². The molecule has 1 aliphatic rings. The molecule has 1 aromatic carbocycles. The van der Waals surface area contributed by atoms with Gasteiger partial charge in [0.25, 0.3) is 0 Å². The fourth-order valence-electron chi connectivity index (χ4n) is 3.11. The van der Waals surface area contributed by atoms with E-state index < -0.39 is 0 Å². The summed E-state index contributed by atoms with van der Waals surface area (Å²) in [6.07, 6.45) is 8.60. The Morgan fingerprint density at radius 2 is 1.79 bits per heavy atom. The highest BCUT2D eigenvalue weighted by Gasteiger charge is 2.30. The third-order valence-electron chi connectivity index (χ3n) is 4.41. The molecule has 1 aromatic rings. The number of benzene rings is 1. The minimum atomic E-state index is 0.172. The van der Waals surface area contributed by atoms with Crippen molar-refractivity contribution in [3.05, 3.63) is 35.9 Å². The molecule has 0 aliphatic heterocycles. The second-order valence-electron chi connectivity index (χ2n) is 5.98. The van der Waals surface area contributed by atoms with Crippen LogP contribution in [-0.4, -0.2) is 24.8 Å². The molecule has 0 amide bonds. The quantitative estimate of drug-likeness (QED) is 0.739. The van der Waals surface area contributed by atoms with Crippen molar-refractivity contribution in [1.29, 1.82) is 0 Å². The number of rotatable bonds is 7. The summed E-state index contributed by atoms with van der Waals surface area (Å²) in [6, 6.07) is 10.7. The zero-order valence-corrected chi connectivity index (χ0v) is 11.9. The number of aliphatic hydroxyl groups is 1. The summed E-state index contributed by atoms with van der Waals surface area (Å²) >= 11 is 0. The molecule has 0 aromatic heterocycles. The molecule has 1 fully saturated rings. The highest BCUT2D eigenvalue weighted by Crippen LogP contribution is 2.35.